The van der Waals surface area contributed by atoms with E-state index >= 15 is 0 Å². The van der Waals surface area contributed by atoms with Gasteiger partial charge in [-0.25, -0.2) is 0 Å². The van der Waals surface area contributed by atoms with E-state index in [1.54, 1.807) is 0 Å². The lowest BCUT2D eigenvalue weighted by molar-refractivity contribution is -0.131. The Balaban J connectivity index is 1.84. The van der Waals surface area contributed by atoms with Crippen LogP contribution in [-0.2, 0) is 4.79 Å². The van der Waals surface area contributed by atoms with Crippen LogP contribution in [0.2, 0.25) is 0 Å². The number of amides is 1. The van der Waals surface area contributed by atoms with Gasteiger partial charge in [-0.05, 0) is 25.8 Å². The molecule has 2 aliphatic heterocycles. The van der Waals surface area contributed by atoms with Crippen molar-refractivity contribution in [3.8, 4) is 0 Å². The average Bonchev–Trinajstić information content (AvgIpc) is 2.57. The molecule has 0 aromatic heterocycles. The standard InChI is InChI=1S/C12H22N2O/c1-2-3-4-8-14-9-11-10(12(14)15)6-5-7-13-11/h10-11,13H,2-9H2,1H3. The summed E-state index contributed by atoms with van der Waals surface area (Å²) >= 11 is 0. The molecule has 0 saturated carbocycles. The zero-order valence-corrected chi connectivity index (χ0v) is 9.67. The summed E-state index contributed by atoms with van der Waals surface area (Å²) < 4.78 is 0. The maximum Gasteiger partial charge on any atom is 0.227 e. The number of hydrogen-bond donors (Lipinski definition) is 1. The van der Waals surface area contributed by atoms with E-state index in [-0.39, 0.29) is 0 Å². The molecule has 0 aromatic rings. The van der Waals surface area contributed by atoms with E-state index in [0.717, 1.165) is 32.5 Å². The van der Waals surface area contributed by atoms with E-state index in [1.807, 2.05) is 0 Å². The van der Waals surface area contributed by atoms with Gasteiger partial charge in [0.1, 0.15) is 0 Å². The minimum absolute atomic E-state index is 0.292. The summed E-state index contributed by atoms with van der Waals surface area (Å²) in [5.74, 6) is 0.698. The molecule has 3 heteroatoms. The second kappa shape index (κ2) is 4.97. The third-order valence-corrected chi connectivity index (χ3v) is 3.66. The van der Waals surface area contributed by atoms with E-state index in [4.69, 9.17) is 0 Å². The molecule has 2 atom stereocenters. The lowest BCUT2D eigenvalue weighted by atomic mass is 9.94. The van der Waals surface area contributed by atoms with Gasteiger partial charge in [-0.15, -0.1) is 0 Å². The molecule has 0 aromatic carbocycles. The molecule has 86 valence electrons. The van der Waals surface area contributed by atoms with Crippen molar-refractivity contribution in [2.45, 2.75) is 45.1 Å². The monoisotopic (exact) mass is 210 g/mol. The Bertz CT molecular complexity index is 230. The summed E-state index contributed by atoms with van der Waals surface area (Å²) in [6.07, 6.45) is 5.90. The predicted molar refractivity (Wildman–Crippen MR) is 60.6 cm³/mol. The van der Waals surface area contributed by atoms with Crippen molar-refractivity contribution in [1.82, 2.24) is 10.2 Å². The number of nitrogens with one attached hydrogen (secondary N) is 1. The third-order valence-electron chi connectivity index (χ3n) is 3.66. The number of unbranched alkanes of at least 4 members (excludes halogenated alkanes) is 2. The summed E-state index contributed by atoms with van der Waals surface area (Å²) in [7, 11) is 0. The molecule has 2 aliphatic rings. The minimum Gasteiger partial charge on any atom is -0.341 e. The average molecular weight is 210 g/mol. The molecular formula is C12H22N2O. The van der Waals surface area contributed by atoms with E-state index in [1.165, 1.54) is 19.3 Å². The number of carbonyl (C=O) groups is 1. The van der Waals surface area contributed by atoms with Crippen molar-refractivity contribution < 1.29 is 4.79 Å². The second-order valence-electron chi connectivity index (χ2n) is 4.80. The predicted octanol–water partition coefficient (Wildman–Crippen LogP) is 1.39. The molecule has 2 heterocycles. The highest BCUT2D eigenvalue weighted by molar-refractivity contribution is 5.82. The molecule has 2 unspecified atom stereocenters. The Morgan fingerprint density at radius 1 is 1.47 bits per heavy atom. The van der Waals surface area contributed by atoms with Gasteiger partial charge in [0.15, 0.2) is 0 Å². The fraction of sp³-hybridized carbons (Fsp3) is 0.917. The van der Waals surface area contributed by atoms with Crippen molar-refractivity contribution in [1.29, 1.82) is 0 Å². The van der Waals surface area contributed by atoms with Crippen molar-refractivity contribution in [2.24, 2.45) is 5.92 Å². The van der Waals surface area contributed by atoms with Crippen LogP contribution in [0.4, 0.5) is 0 Å². The van der Waals surface area contributed by atoms with E-state index in [2.05, 4.69) is 17.1 Å². The molecule has 0 bridgehead atoms. The van der Waals surface area contributed by atoms with Crippen LogP contribution in [0.15, 0.2) is 0 Å². The van der Waals surface area contributed by atoms with Gasteiger partial charge in [-0.3, -0.25) is 4.79 Å². The molecule has 2 saturated heterocycles. The fourth-order valence-electron chi connectivity index (χ4n) is 2.76. The van der Waals surface area contributed by atoms with Crippen molar-refractivity contribution in [3.05, 3.63) is 0 Å². The van der Waals surface area contributed by atoms with Gasteiger partial charge >= 0.3 is 0 Å². The lowest BCUT2D eigenvalue weighted by Gasteiger charge is -2.23. The highest BCUT2D eigenvalue weighted by Crippen LogP contribution is 2.26. The topological polar surface area (TPSA) is 32.3 Å². The van der Waals surface area contributed by atoms with Crippen LogP contribution < -0.4 is 5.32 Å². The first-order valence-corrected chi connectivity index (χ1v) is 6.35. The molecule has 0 radical (unpaired) electrons. The van der Waals surface area contributed by atoms with E-state index in [0.29, 0.717) is 17.9 Å². The van der Waals surface area contributed by atoms with Crippen LogP contribution in [0.5, 0.6) is 0 Å². The number of rotatable bonds is 4. The Kier molecular flexibility index (Phi) is 3.62. The molecular weight excluding hydrogens is 188 g/mol. The molecule has 3 nitrogen and oxygen atoms in total. The van der Waals surface area contributed by atoms with Crippen molar-refractivity contribution >= 4 is 5.91 Å². The molecule has 1 N–H and O–H groups in total. The fourth-order valence-corrected chi connectivity index (χ4v) is 2.76. The summed E-state index contributed by atoms with van der Waals surface area (Å²) in [6, 6.07) is 0.452. The first-order valence-electron chi connectivity index (χ1n) is 6.35. The highest BCUT2D eigenvalue weighted by atomic mass is 16.2. The SMILES string of the molecule is CCCCCN1CC2NCCCC2C1=O. The Hall–Kier alpha value is -0.570. The zero-order chi connectivity index (χ0) is 10.7. The van der Waals surface area contributed by atoms with Crippen molar-refractivity contribution in [3.63, 3.8) is 0 Å². The highest BCUT2D eigenvalue weighted by Gasteiger charge is 2.40. The van der Waals surface area contributed by atoms with Crippen LogP contribution >= 0.6 is 0 Å². The van der Waals surface area contributed by atoms with Gasteiger partial charge in [0.25, 0.3) is 0 Å². The van der Waals surface area contributed by atoms with E-state index < -0.39 is 0 Å². The normalized spacial score (nSPS) is 30.7. The van der Waals surface area contributed by atoms with Crippen LogP contribution in [0.25, 0.3) is 0 Å². The minimum atomic E-state index is 0.292. The first-order chi connectivity index (χ1) is 7.33. The van der Waals surface area contributed by atoms with Crippen LogP contribution in [0, 0.1) is 5.92 Å². The maximum absolute atomic E-state index is 12.0. The van der Waals surface area contributed by atoms with Crippen LogP contribution in [0.3, 0.4) is 0 Å². The lowest BCUT2D eigenvalue weighted by Crippen LogP contribution is -2.41. The first kappa shape index (κ1) is 10.9. The largest absolute Gasteiger partial charge is 0.341 e. The number of carbonyl (C=O) groups excluding carboxylic acids is 1. The Morgan fingerprint density at radius 3 is 3.07 bits per heavy atom. The molecule has 0 aliphatic carbocycles. The summed E-state index contributed by atoms with van der Waals surface area (Å²) in [6.45, 7) is 5.22. The number of fused-ring (bicyclic) bond motifs is 1. The molecule has 1 amide bonds. The summed E-state index contributed by atoms with van der Waals surface area (Å²) in [4.78, 5) is 14.1. The van der Waals surface area contributed by atoms with Gasteiger partial charge in [0, 0.05) is 19.1 Å². The van der Waals surface area contributed by atoms with Gasteiger partial charge in [0.05, 0.1) is 5.92 Å². The van der Waals surface area contributed by atoms with E-state index in [9.17, 15) is 4.79 Å². The van der Waals surface area contributed by atoms with Crippen LogP contribution in [0.1, 0.15) is 39.0 Å². The smallest absolute Gasteiger partial charge is 0.227 e. The Labute approximate surface area is 92.2 Å². The van der Waals surface area contributed by atoms with Crippen LogP contribution in [-0.4, -0.2) is 36.5 Å². The summed E-state index contributed by atoms with van der Waals surface area (Å²) in [5, 5.41) is 3.47. The molecule has 2 rings (SSSR count). The quantitative estimate of drug-likeness (QED) is 0.711. The number of hydrogen-bond acceptors (Lipinski definition) is 2. The molecule has 15 heavy (non-hydrogen) atoms. The summed E-state index contributed by atoms with van der Waals surface area (Å²) in [5.41, 5.74) is 0. The molecule has 0 spiro atoms. The third kappa shape index (κ3) is 2.33. The van der Waals surface area contributed by atoms with Gasteiger partial charge < -0.3 is 10.2 Å². The van der Waals surface area contributed by atoms with Crippen molar-refractivity contribution in [2.75, 3.05) is 19.6 Å². The Morgan fingerprint density at radius 2 is 2.33 bits per heavy atom. The number of nitrogens with zero attached hydrogens (tertiary/aromatic N) is 1. The van der Waals surface area contributed by atoms with Gasteiger partial charge in [-0.2, -0.15) is 0 Å². The number of likely N-dealkylation sites (tertiary alicyclic amines) is 1. The second-order valence-corrected chi connectivity index (χ2v) is 4.80. The van der Waals surface area contributed by atoms with Gasteiger partial charge in [-0.1, -0.05) is 19.8 Å². The van der Waals surface area contributed by atoms with Gasteiger partial charge in [0.2, 0.25) is 5.91 Å². The number of piperidine rings is 1. The maximum atomic E-state index is 12.0. The molecule has 2 fully saturated rings. The zero-order valence-electron chi connectivity index (χ0n) is 9.67.